The Kier molecular flexibility index (Phi) is 6.75. The van der Waals surface area contributed by atoms with E-state index in [1.165, 1.54) is 22.3 Å². The molecule has 1 fully saturated rings. The van der Waals surface area contributed by atoms with E-state index in [4.69, 9.17) is 0 Å². The van der Waals surface area contributed by atoms with Crippen LogP contribution in [0.4, 0.5) is 8.78 Å². The van der Waals surface area contributed by atoms with E-state index >= 15 is 4.39 Å². The second-order valence-corrected chi connectivity index (χ2v) is 11.9. The average molecular weight is 562 g/mol. The number of nitrogens with one attached hydrogen (secondary N) is 1. The summed E-state index contributed by atoms with van der Waals surface area (Å²) in [6.07, 6.45) is 5.20. The lowest BCUT2D eigenvalue weighted by Crippen LogP contribution is -2.29. The van der Waals surface area contributed by atoms with Crippen molar-refractivity contribution in [3.8, 4) is 22.3 Å². The first kappa shape index (κ1) is 26.3. The SMILES string of the molecule is CCc1c(-c2cccc(F)c2)c2cc(-c3cn(C4CCNCC4)nc3F)cnc2n1S(=O)(=O)c1ccc(C)cc1. The third-order valence-corrected chi connectivity index (χ3v) is 9.29. The van der Waals surface area contributed by atoms with E-state index in [-0.39, 0.29) is 22.1 Å². The Labute approximate surface area is 231 Å². The number of hydrogen-bond donors (Lipinski definition) is 1. The lowest BCUT2D eigenvalue weighted by atomic mass is 10.00. The zero-order valence-electron chi connectivity index (χ0n) is 22.2. The second kappa shape index (κ2) is 10.3. The molecule has 2 aromatic carbocycles. The van der Waals surface area contributed by atoms with Gasteiger partial charge in [-0.1, -0.05) is 36.8 Å². The first-order chi connectivity index (χ1) is 19.3. The van der Waals surface area contributed by atoms with Crippen LogP contribution in [0.3, 0.4) is 0 Å². The molecular weight excluding hydrogens is 532 g/mol. The van der Waals surface area contributed by atoms with Gasteiger partial charge in [0.25, 0.3) is 10.0 Å². The van der Waals surface area contributed by atoms with E-state index < -0.39 is 21.8 Å². The number of piperidine rings is 1. The maximum atomic E-state index is 15.2. The molecule has 0 saturated carbocycles. The number of halogens is 2. The number of pyridine rings is 1. The van der Waals surface area contributed by atoms with E-state index in [0.717, 1.165) is 31.5 Å². The molecule has 10 heteroatoms. The molecule has 1 saturated heterocycles. The quantitative estimate of drug-likeness (QED) is 0.280. The standard InChI is InChI=1S/C30H29F2N5O2S/c1-3-27-28(20-5-4-6-22(31)15-20)25-16-21(26-18-36(35-29(26)32)23-11-13-33-14-12-23)17-34-30(25)37(27)40(38,39)24-9-7-19(2)8-10-24/h4-10,15-18,23,33H,3,11-14H2,1-2H3. The number of aryl methyl sites for hydroxylation is 1. The molecule has 3 aromatic heterocycles. The molecule has 206 valence electrons. The molecule has 0 spiro atoms. The topological polar surface area (TPSA) is 81.8 Å². The van der Waals surface area contributed by atoms with Gasteiger partial charge in [0.05, 0.1) is 16.5 Å². The Hall–Kier alpha value is -3.89. The zero-order chi connectivity index (χ0) is 28.0. The molecule has 1 N–H and O–H groups in total. The number of rotatable bonds is 6. The van der Waals surface area contributed by atoms with Crippen LogP contribution < -0.4 is 5.32 Å². The van der Waals surface area contributed by atoms with Crippen molar-refractivity contribution < 1.29 is 17.2 Å². The number of aromatic nitrogens is 4. The monoisotopic (exact) mass is 561 g/mol. The van der Waals surface area contributed by atoms with Gasteiger partial charge in [0.15, 0.2) is 5.65 Å². The van der Waals surface area contributed by atoms with Gasteiger partial charge < -0.3 is 5.32 Å². The largest absolute Gasteiger partial charge is 0.317 e. The van der Waals surface area contributed by atoms with Crippen LogP contribution in [0.1, 0.15) is 37.1 Å². The molecule has 0 bridgehead atoms. The van der Waals surface area contributed by atoms with E-state index in [0.29, 0.717) is 34.2 Å². The van der Waals surface area contributed by atoms with Gasteiger partial charge in [0.1, 0.15) is 5.82 Å². The highest BCUT2D eigenvalue weighted by atomic mass is 32.2. The summed E-state index contributed by atoms with van der Waals surface area (Å²) in [4.78, 5) is 4.70. The van der Waals surface area contributed by atoms with E-state index in [2.05, 4.69) is 15.4 Å². The van der Waals surface area contributed by atoms with Gasteiger partial charge in [-0.2, -0.15) is 4.39 Å². The summed E-state index contributed by atoms with van der Waals surface area (Å²) in [5, 5.41) is 7.94. The van der Waals surface area contributed by atoms with Gasteiger partial charge in [-0.25, -0.2) is 21.8 Å². The van der Waals surface area contributed by atoms with Crippen LogP contribution in [0, 0.1) is 18.7 Å². The minimum atomic E-state index is -4.05. The van der Waals surface area contributed by atoms with Crippen molar-refractivity contribution >= 4 is 21.1 Å². The molecular formula is C30H29F2N5O2S. The fourth-order valence-corrected chi connectivity index (χ4v) is 7.09. The highest BCUT2D eigenvalue weighted by Gasteiger charge is 2.29. The number of benzene rings is 2. The Balaban J connectivity index is 1.59. The third kappa shape index (κ3) is 4.50. The van der Waals surface area contributed by atoms with Crippen molar-refractivity contribution in [1.82, 2.24) is 24.1 Å². The fraction of sp³-hybridized carbons (Fsp3) is 0.267. The van der Waals surface area contributed by atoms with Gasteiger partial charge in [-0.15, -0.1) is 5.10 Å². The van der Waals surface area contributed by atoms with E-state index in [1.807, 2.05) is 13.8 Å². The lowest BCUT2D eigenvalue weighted by Gasteiger charge is -2.22. The molecule has 40 heavy (non-hydrogen) atoms. The molecule has 0 aliphatic carbocycles. The predicted molar refractivity (Wildman–Crippen MR) is 151 cm³/mol. The van der Waals surface area contributed by atoms with Crippen molar-refractivity contribution in [1.29, 1.82) is 0 Å². The summed E-state index contributed by atoms with van der Waals surface area (Å²) in [6.45, 7) is 5.42. The van der Waals surface area contributed by atoms with Crippen molar-refractivity contribution in [3.05, 3.63) is 90.0 Å². The van der Waals surface area contributed by atoms with Gasteiger partial charge >= 0.3 is 0 Å². The molecule has 6 rings (SSSR count). The van der Waals surface area contributed by atoms with Gasteiger partial charge in [0, 0.05) is 34.6 Å². The average Bonchev–Trinajstić information content (AvgIpc) is 3.51. The maximum Gasteiger partial charge on any atom is 0.269 e. The van der Waals surface area contributed by atoms with E-state index in [9.17, 15) is 12.8 Å². The number of hydrogen-bond acceptors (Lipinski definition) is 5. The summed E-state index contributed by atoms with van der Waals surface area (Å²) in [5.41, 5.74) is 3.42. The first-order valence-electron chi connectivity index (χ1n) is 13.3. The smallest absolute Gasteiger partial charge is 0.269 e. The van der Waals surface area contributed by atoms with Crippen LogP contribution in [0.2, 0.25) is 0 Å². The molecule has 7 nitrogen and oxygen atoms in total. The third-order valence-electron chi connectivity index (χ3n) is 7.55. The Morgan fingerprint density at radius 3 is 2.48 bits per heavy atom. The molecule has 1 aliphatic heterocycles. The van der Waals surface area contributed by atoms with Gasteiger partial charge in [-0.3, -0.25) is 4.68 Å². The molecule has 4 heterocycles. The Morgan fingerprint density at radius 2 is 1.77 bits per heavy atom. The molecule has 5 aromatic rings. The summed E-state index contributed by atoms with van der Waals surface area (Å²) in [5.74, 6) is -1.06. The molecule has 0 radical (unpaired) electrons. The highest BCUT2D eigenvalue weighted by Crippen LogP contribution is 2.39. The molecule has 0 amide bonds. The zero-order valence-corrected chi connectivity index (χ0v) is 23.0. The van der Waals surface area contributed by atoms with Crippen LogP contribution in [-0.4, -0.2) is 40.2 Å². The molecule has 0 atom stereocenters. The van der Waals surface area contributed by atoms with Crippen LogP contribution in [0.15, 0.2) is 71.9 Å². The summed E-state index contributed by atoms with van der Waals surface area (Å²) >= 11 is 0. The summed E-state index contributed by atoms with van der Waals surface area (Å²) < 4.78 is 60.5. The van der Waals surface area contributed by atoms with Gasteiger partial charge in [-0.05, 0) is 75.2 Å². The fourth-order valence-electron chi connectivity index (χ4n) is 5.52. The molecule has 0 unspecified atom stereocenters. The van der Waals surface area contributed by atoms with Crippen LogP contribution >= 0.6 is 0 Å². The summed E-state index contributed by atoms with van der Waals surface area (Å²) in [6, 6.07) is 14.5. The minimum absolute atomic E-state index is 0.0940. The van der Waals surface area contributed by atoms with Crippen LogP contribution in [0.25, 0.3) is 33.3 Å². The number of fused-ring (bicyclic) bond motifs is 1. The normalized spacial score (nSPS) is 14.7. The van der Waals surface area contributed by atoms with Crippen LogP contribution in [-0.2, 0) is 16.4 Å². The first-order valence-corrected chi connectivity index (χ1v) is 14.8. The van der Waals surface area contributed by atoms with Gasteiger partial charge in [0.2, 0.25) is 5.95 Å². The minimum Gasteiger partial charge on any atom is -0.317 e. The maximum absolute atomic E-state index is 15.2. The highest BCUT2D eigenvalue weighted by molar-refractivity contribution is 7.90. The van der Waals surface area contributed by atoms with Crippen LogP contribution in [0.5, 0.6) is 0 Å². The number of nitrogens with zero attached hydrogens (tertiary/aromatic N) is 4. The van der Waals surface area contributed by atoms with Crippen molar-refractivity contribution in [3.63, 3.8) is 0 Å². The van der Waals surface area contributed by atoms with Crippen molar-refractivity contribution in [2.24, 2.45) is 0 Å². The Bertz CT molecular complexity index is 1820. The molecule has 1 aliphatic rings. The lowest BCUT2D eigenvalue weighted by molar-refractivity contribution is 0.334. The second-order valence-electron chi connectivity index (χ2n) is 10.2. The Morgan fingerprint density at radius 1 is 1.02 bits per heavy atom. The van der Waals surface area contributed by atoms with Crippen molar-refractivity contribution in [2.45, 2.75) is 44.0 Å². The van der Waals surface area contributed by atoms with Crippen molar-refractivity contribution in [2.75, 3.05) is 13.1 Å². The van der Waals surface area contributed by atoms with E-state index in [1.54, 1.807) is 53.3 Å². The summed E-state index contributed by atoms with van der Waals surface area (Å²) in [7, 11) is -4.05. The predicted octanol–water partition coefficient (Wildman–Crippen LogP) is 5.88.